The maximum absolute atomic E-state index is 10.6. The van der Waals surface area contributed by atoms with Crippen LogP contribution in [0.4, 0.5) is 0 Å². The smallest absolute Gasteiger partial charge is 0.0921 e. The number of aryl methyl sites for hydroxylation is 1. The Morgan fingerprint density at radius 1 is 1.14 bits per heavy atom. The molecule has 1 heteroatoms. The van der Waals surface area contributed by atoms with Gasteiger partial charge in [-0.15, -0.1) is 0 Å². The minimum absolute atomic E-state index is 0.0264. The maximum Gasteiger partial charge on any atom is 0.0921 e. The summed E-state index contributed by atoms with van der Waals surface area (Å²) >= 11 is 0. The van der Waals surface area contributed by atoms with Crippen LogP contribution in [0.15, 0.2) is 24.3 Å². The van der Waals surface area contributed by atoms with Gasteiger partial charge in [0.25, 0.3) is 0 Å². The SMILES string of the molecule is CC1(C)CCc2ccccc2C1(C)O. The van der Waals surface area contributed by atoms with Gasteiger partial charge >= 0.3 is 0 Å². The second-order valence-corrected chi connectivity index (χ2v) is 5.11. The van der Waals surface area contributed by atoms with E-state index in [0.29, 0.717) is 0 Å². The highest BCUT2D eigenvalue weighted by molar-refractivity contribution is 5.36. The van der Waals surface area contributed by atoms with Crippen molar-refractivity contribution in [2.45, 2.75) is 39.2 Å². The summed E-state index contributed by atoms with van der Waals surface area (Å²) in [5.74, 6) is 0. The molecule has 1 aliphatic rings. The van der Waals surface area contributed by atoms with Crippen molar-refractivity contribution in [3.8, 4) is 0 Å². The number of rotatable bonds is 0. The van der Waals surface area contributed by atoms with Crippen molar-refractivity contribution in [1.29, 1.82) is 0 Å². The highest BCUT2D eigenvalue weighted by Crippen LogP contribution is 2.47. The van der Waals surface area contributed by atoms with E-state index in [0.717, 1.165) is 18.4 Å². The largest absolute Gasteiger partial charge is 0.385 e. The molecule has 0 amide bonds. The second kappa shape index (κ2) is 2.83. The quantitative estimate of drug-likeness (QED) is 0.667. The zero-order valence-electron chi connectivity index (χ0n) is 9.17. The highest BCUT2D eigenvalue weighted by atomic mass is 16.3. The molecule has 2 rings (SSSR count). The van der Waals surface area contributed by atoms with Gasteiger partial charge in [0.05, 0.1) is 5.60 Å². The molecule has 0 bridgehead atoms. The summed E-state index contributed by atoms with van der Waals surface area (Å²) in [6, 6.07) is 8.23. The zero-order chi connectivity index (χ0) is 10.4. The van der Waals surface area contributed by atoms with Gasteiger partial charge in [-0.3, -0.25) is 0 Å². The normalized spacial score (nSPS) is 29.7. The number of hydrogen-bond donors (Lipinski definition) is 1. The van der Waals surface area contributed by atoms with Crippen molar-refractivity contribution in [3.05, 3.63) is 35.4 Å². The lowest BCUT2D eigenvalue weighted by Gasteiger charge is -2.45. The zero-order valence-corrected chi connectivity index (χ0v) is 9.17. The van der Waals surface area contributed by atoms with Gasteiger partial charge in [0, 0.05) is 0 Å². The van der Waals surface area contributed by atoms with Crippen molar-refractivity contribution < 1.29 is 5.11 Å². The molecule has 1 aromatic rings. The van der Waals surface area contributed by atoms with Crippen molar-refractivity contribution >= 4 is 0 Å². The first-order chi connectivity index (χ1) is 6.45. The Morgan fingerprint density at radius 3 is 2.50 bits per heavy atom. The Labute approximate surface area is 85.8 Å². The van der Waals surface area contributed by atoms with Gasteiger partial charge in [-0.2, -0.15) is 0 Å². The highest BCUT2D eigenvalue weighted by Gasteiger charge is 2.44. The van der Waals surface area contributed by atoms with Crippen LogP contribution in [0.2, 0.25) is 0 Å². The number of fused-ring (bicyclic) bond motifs is 1. The second-order valence-electron chi connectivity index (χ2n) is 5.11. The van der Waals surface area contributed by atoms with Crippen LogP contribution in [0.1, 0.15) is 38.3 Å². The fourth-order valence-electron chi connectivity index (χ4n) is 2.27. The van der Waals surface area contributed by atoms with Crippen molar-refractivity contribution in [2.24, 2.45) is 5.41 Å². The standard InChI is InChI=1S/C13H18O/c1-12(2)9-8-10-6-4-5-7-11(10)13(12,3)14/h4-7,14H,8-9H2,1-3H3. The van der Waals surface area contributed by atoms with Crippen LogP contribution in [0.5, 0.6) is 0 Å². The third-order valence-electron chi connectivity index (χ3n) is 3.88. The van der Waals surface area contributed by atoms with Crippen LogP contribution in [-0.2, 0) is 12.0 Å². The minimum Gasteiger partial charge on any atom is -0.385 e. The summed E-state index contributed by atoms with van der Waals surface area (Å²) in [5.41, 5.74) is 1.69. The molecule has 1 N–H and O–H groups in total. The molecule has 76 valence electrons. The molecule has 1 aliphatic carbocycles. The van der Waals surface area contributed by atoms with Crippen LogP contribution in [0.3, 0.4) is 0 Å². The Kier molecular flexibility index (Phi) is 1.97. The molecule has 1 nitrogen and oxygen atoms in total. The third kappa shape index (κ3) is 1.19. The van der Waals surface area contributed by atoms with Gasteiger partial charge < -0.3 is 5.11 Å². The molecule has 0 spiro atoms. The monoisotopic (exact) mass is 190 g/mol. The van der Waals surface area contributed by atoms with Crippen LogP contribution in [0, 0.1) is 5.41 Å². The van der Waals surface area contributed by atoms with E-state index < -0.39 is 5.60 Å². The van der Waals surface area contributed by atoms with Crippen molar-refractivity contribution in [2.75, 3.05) is 0 Å². The molecule has 14 heavy (non-hydrogen) atoms. The van der Waals surface area contributed by atoms with Crippen LogP contribution >= 0.6 is 0 Å². The summed E-state index contributed by atoms with van der Waals surface area (Å²) in [6.07, 6.45) is 2.14. The van der Waals surface area contributed by atoms with E-state index in [1.54, 1.807) is 0 Å². The van der Waals surface area contributed by atoms with Gasteiger partial charge in [-0.25, -0.2) is 0 Å². The minimum atomic E-state index is -0.693. The molecule has 0 heterocycles. The van der Waals surface area contributed by atoms with Gasteiger partial charge in [-0.1, -0.05) is 38.1 Å². The molecule has 0 aliphatic heterocycles. The van der Waals surface area contributed by atoms with Crippen LogP contribution in [-0.4, -0.2) is 5.11 Å². The maximum atomic E-state index is 10.6. The average Bonchev–Trinajstić information content (AvgIpc) is 2.13. The average molecular weight is 190 g/mol. The summed E-state index contributed by atoms with van der Waals surface area (Å²) < 4.78 is 0. The molecule has 1 atom stereocenters. The summed E-state index contributed by atoms with van der Waals surface area (Å²) in [7, 11) is 0. The first-order valence-electron chi connectivity index (χ1n) is 5.26. The van der Waals surface area contributed by atoms with E-state index in [-0.39, 0.29) is 5.41 Å². The van der Waals surface area contributed by atoms with E-state index in [1.165, 1.54) is 5.56 Å². The Bertz CT molecular complexity index is 350. The van der Waals surface area contributed by atoms with E-state index in [2.05, 4.69) is 26.0 Å². The van der Waals surface area contributed by atoms with Crippen molar-refractivity contribution in [1.82, 2.24) is 0 Å². The van der Waals surface area contributed by atoms with E-state index in [9.17, 15) is 5.11 Å². The molecular weight excluding hydrogens is 172 g/mol. The molecular formula is C13H18O. The summed E-state index contributed by atoms with van der Waals surface area (Å²) in [6.45, 7) is 6.22. The van der Waals surface area contributed by atoms with E-state index >= 15 is 0 Å². The molecule has 0 saturated heterocycles. The fourth-order valence-corrected chi connectivity index (χ4v) is 2.27. The number of aliphatic hydroxyl groups is 1. The van der Waals surface area contributed by atoms with E-state index in [4.69, 9.17) is 0 Å². The fraction of sp³-hybridized carbons (Fsp3) is 0.538. The predicted molar refractivity (Wildman–Crippen MR) is 58.1 cm³/mol. The Balaban J connectivity index is 2.57. The first-order valence-corrected chi connectivity index (χ1v) is 5.26. The van der Waals surface area contributed by atoms with Gasteiger partial charge in [0.15, 0.2) is 0 Å². The lowest BCUT2D eigenvalue weighted by molar-refractivity contribution is -0.0694. The molecule has 1 unspecified atom stereocenters. The van der Waals surface area contributed by atoms with Gasteiger partial charge in [0.2, 0.25) is 0 Å². The summed E-state index contributed by atoms with van der Waals surface area (Å²) in [5, 5.41) is 10.6. The van der Waals surface area contributed by atoms with Gasteiger partial charge in [0.1, 0.15) is 0 Å². The van der Waals surface area contributed by atoms with Crippen LogP contribution in [0.25, 0.3) is 0 Å². The Hall–Kier alpha value is -0.820. The lowest BCUT2D eigenvalue weighted by atomic mass is 9.64. The topological polar surface area (TPSA) is 20.2 Å². The molecule has 0 aromatic heterocycles. The molecule has 1 aromatic carbocycles. The first kappa shape index (κ1) is 9.72. The Morgan fingerprint density at radius 2 is 1.79 bits per heavy atom. The van der Waals surface area contributed by atoms with Crippen LogP contribution < -0.4 is 0 Å². The van der Waals surface area contributed by atoms with Crippen molar-refractivity contribution in [3.63, 3.8) is 0 Å². The number of benzene rings is 1. The number of hydrogen-bond acceptors (Lipinski definition) is 1. The van der Waals surface area contributed by atoms with Gasteiger partial charge in [-0.05, 0) is 36.3 Å². The molecule has 0 fully saturated rings. The third-order valence-corrected chi connectivity index (χ3v) is 3.88. The summed E-state index contributed by atoms with van der Waals surface area (Å²) in [4.78, 5) is 0. The molecule has 0 saturated carbocycles. The lowest BCUT2D eigenvalue weighted by Crippen LogP contribution is -2.43. The predicted octanol–water partition coefficient (Wildman–Crippen LogP) is 2.87. The molecule has 0 radical (unpaired) electrons. The van der Waals surface area contributed by atoms with E-state index in [1.807, 2.05) is 19.1 Å².